The Hall–Kier alpha value is -2.22. The molecule has 0 aliphatic carbocycles. The summed E-state index contributed by atoms with van der Waals surface area (Å²) in [6.07, 6.45) is 0. The summed E-state index contributed by atoms with van der Waals surface area (Å²) >= 11 is 0. The summed E-state index contributed by atoms with van der Waals surface area (Å²) in [5, 5.41) is 19.1. The van der Waals surface area contributed by atoms with Crippen LogP contribution >= 0.6 is 0 Å². The zero-order chi connectivity index (χ0) is 13.9. The van der Waals surface area contributed by atoms with Crippen molar-refractivity contribution in [1.82, 2.24) is 0 Å². The molecule has 18 heavy (non-hydrogen) atoms. The summed E-state index contributed by atoms with van der Waals surface area (Å²) in [6.45, 7) is 0.746. The monoisotopic (exact) mass is 258 g/mol. The number of hydrogen-bond acceptors (Lipinski definition) is 5. The van der Waals surface area contributed by atoms with Crippen LogP contribution < -0.4 is 10.5 Å². The number of halogens is 1. The fraction of sp³-hybridized carbons (Fsp3) is 0.300. The van der Waals surface area contributed by atoms with Gasteiger partial charge in [-0.1, -0.05) is 0 Å². The lowest BCUT2D eigenvalue weighted by Gasteiger charge is -2.19. The Morgan fingerprint density at radius 2 is 2.28 bits per heavy atom. The van der Waals surface area contributed by atoms with Crippen molar-refractivity contribution in [3.8, 4) is 5.75 Å². The van der Waals surface area contributed by atoms with Gasteiger partial charge in [0.2, 0.25) is 0 Å². The maximum atomic E-state index is 13.4. The van der Waals surface area contributed by atoms with Gasteiger partial charge in [-0.05, 0) is 13.0 Å². The molecule has 0 saturated carbocycles. The lowest BCUT2D eigenvalue weighted by Crippen LogP contribution is -2.50. The third-order valence-electron chi connectivity index (χ3n) is 2.14. The summed E-state index contributed by atoms with van der Waals surface area (Å²) in [4.78, 5) is 20.3. The second kappa shape index (κ2) is 4.96. The number of ether oxygens (including phenoxy) is 1. The third-order valence-corrected chi connectivity index (χ3v) is 2.14. The van der Waals surface area contributed by atoms with Gasteiger partial charge in [-0.3, -0.25) is 14.9 Å². The number of carbonyl (C=O) groups is 1. The summed E-state index contributed by atoms with van der Waals surface area (Å²) < 4.78 is 18.3. The number of nitrogens with two attached hydrogens (primary N) is 1. The van der Waals surface area contributed by atoms with Gasteiger partial charge in [0.05, 0.1) is 11.0 Å². The first-order valence-corrected chi connectivity index (χ1v) is 4.83. The third kappa shape index (κ3) is 3.14. The fourth-order valence-electron chi connectivity index (χ4n) is 1.01. The van der Waals surface area contributed by atoms with E-state index in [0.29, 0.717) is 6.07 Å². The molecule has 0 heterocycles. The minimum absolute atomic E-state index is 0.293. The van der Waals surface area contributed by atoms with Gasteiger partial charge in [0.1, 0.15) is 12.1 Å². The molecule has 1 rings (SSSR count). The smallest absolute Gasteiger partial charge is 0.326 e. The fourth-order valence-corrected chi connectivity index (χ4v) is 1.01. The molecule has 0 spiro atoms. The Bertz CT molecular complexity index is 489. The molecular formula is C10H11FN2O5. The van der Waals surface area contributed by atoms with Crippen LogP contribution in [0, 0.1) is 15.9 Å². The number of carboxylic acids is 1. The van der Waals surface area contributed by atoms with Crippen LogP contribution in [0.5, 0.6) is 5.75 Å². The van der Waals surface area contributed by atoms with E-state index in [1.807, 2.05) is 0 Å². The van der Waals surface area contributed by atoms with Crippen molar-refractivity contribution in [3.63, 3.8) is 0 Å². The van der Waals surface area contributed by atoms with Crippen LogP contribution in [0.15, 0.2) is 18.2 Å². The van der Waals surface area contributed by atoms with Crippen LogP contribution in [0.4, 0.5) is 10.1 Å². The molecule has 7 nitrogen and oxygen atoms in total. The Morgan fingerprint density at radius 1 is 1.67 bits per heavy atom. The minimum atomic E-state index is -1.67. The summed E-state index contributed by atoms with van der Waals surface area (Å²) in [5.41, 5.74) is 3.29. The molecule has 0 radical (unpaired) electrons. The molecule has 1 aromatic carbocycles. The van der Waals surface area contributed by atoms with E-state index in [4.69, 9.17) is 15.6 Å². The van der Waals surface area contributed by atoms with E-state index in [1.54, 1.807) is 0 Å². The number of nitrogens with zero attached hydrogens (tertiary/aromatic N) is 1. The number of benzene rings is 1. The lowest BCUT2D eigenvalue weighted by atomic mass is 10.1. The zero-order valence-corrected chi connectivity index (χ0v) is 9.42. The Morgan fingerprint density at radius 3 is 2.72 bits per heavy atom. The molecular weight excluding hydrogens is 247 g/mol. The van der Waals surface area contributed by atoms with Crippen molar-refractivity contribution in [2.45, 2.75) is 12.5 Å². The van der Waals surface area contributed by atoms with E-state index in [9.17, 15) is 19.3 Å². The number of non-ortho nitro benzene ring substituents is 1. The SMILES string of the molecule is CC(N)(COc1ccc([N+](=O)[O-])cc1F)C(=O)O. The van der Waals surface area contributed by atoms with E-state index in [1.165, 1.54) is 6.92 Å². The highest BCUT2D eigenvalue weighted by Gasteiger charge is 2.29. The Kier molecular flexibility index (Phi) is 3.82. The van der Waals surface area contributed by atoms with Crippen molar-refractivity contribution in [3.05, 3.63) is 34.1 Å². The number of carboxylic acid groups (broad SMARTS) is 1. The van der Waals surface area contributed by atoms with Gasteiger partial charge in [0, 0.05) is 6.07 Å². The second-order valence-electron chi connectivity index (χ2n) is 3.88. The molecule has 0 saturated heterocycles. The topological polar surface area (TPSA) is 116 Å². The highest BCUT2D eigenvalue weighted by Crippen LogP contribution is 2.23. The predicted molar refractivity (Wildman–Crippen MR) is 58.8 cm³/mol. The van der Waals surface area contributed by atoms with Crippen molar-refractivity contribution in [1.29, 1.82) is 0 Å². The van der Waals surface area contributed by atoms with Gasteiger partial charge in [-0.2, -0.15) is 0 Å². The van der Waals surface area contributed by atoms with E-state index < -0.39 is 34.5 Å². The van der Waals surface area contributed by atoms with Gasteiger partial charge in [-0.25, -0.2) is 4.39 Å². The first kappa shape index (κ1) is 13.8. The lowest BCUT2D eigenvalue weighted by molar-refractivity contribution is -0.385. The van der Waals surface area contributed by atoms with Gasteiger partial charge < -0.3 is 15.6 Å². The first-order chi connectivity index (χ1) is 8.24. The quantitative estimate of drug-likeness (QED) is 0.599. The van der Waals surface area contributed by atoms with Crippen LogP contribution in [0.1, 0.15) is 6.92 Å². The van der Waals surface area contributed by atoms with Crippen LogP contribution in [0.3, 0.4) is 0 Å². The number of nitro benzene ring substituents is 1. The van der Waals surface area contributed by atoms with Crippen LogP contribution in [-0.2, 0) is 4.79 Å². The van der Waals surface area contributed by atoms with Gasteiger partial charge in [-0.15, -0.1) is 0 Å². The summed E-state index contributed by atoms with van der Waals surface area (Å²) in [6, 6.07) is 2.78. The predicted octanol–water partition coefficient (Wildman–Crippen LogP) is 0.915. The molecule has 0 aromatic heterocycles. The standard InChI is InChI=1S/C10H11FN2O5/c1-10(12,9(14)15)5-18-8-3-2-6(13(16)17)4-7(8)11/h2-4H,5,12H2,1H3,(H,14,15). The molecule has 8 heteroatoms. The largest absolute Gasteiger partial charge is 0.488 e. The molecule has 1 unspecified atom stereocenters. The van der Waals surface area contributed by atoms with Crippen molar-refractivity contribution < 1.29 is 24.0 Å². The number of rotatable bonds is 5. The number of nitro groups is 1. The number of hydrogen-bond donors (Lipinski definition) is 2. The second-order valence-corrected chi connectivity index (χ2v) is 3.88. The highest BCUT2D eigenvalue weighted by atomic mass is 19.1. The van der Waals surface area contributed by atoms with Crippen LogP contribution in [0.25, 0.3) is 0 Å². The van der Waals surface area contributed by atoms with E-state index in [2.05, 4.69) is 0 Å². The molecule has 1 aromatic rings. The highest BCUT2D eigenvalue weighted by molar-refractivity contribution is 5.78. The molecule has 0 aliphatic heterocycles. The number of aliphatic carboxylic acids is 1. The van der Waals surface area contributed by atoms with E-state index >= 15 is 0 Å². The van der Waals surface area contributed by atoms with Crippen molar-refractivity contribution in [2.75, 3.05) is 6.61 Å². The molecule has 0 bridgehead atoms. The molecule has 1 atom stereocenters. The summed E-state index contributed by atoms with van der Waals surface area (Å²) in [5.74, 6) is -2.55. The molecule has 0 amide bonds. The molecule has 3 N–H and O–H groups in total. The van der Waals surface area contributed by atoms with Gasteiger partial charge >= 0.3 is 5.97 Å². The first-order valence-electron chi connectivity index (χ1n) is 4.83. The van der Waals surface area contributed by atoms with Gasteiger partial charge in [0.15, 0.2) is 11.6 Å². The zero-order valence-electron chi connectivity index (χ0n) is 9.42. The van der Waals surface area contributed by atoms with Crippen LogP contribution in [0.2, 0.25) is 0 Å². The van der Waals surface area contributed by atoms with Gasteiger partial charge in [0.25, 0.3) is 5.69 Å². The normalized spacial score (nSPS) is 13.7. The van der Waals surface area contributed by atoms with E-state index in [0.717, 1.165) is 12.1 Å². The average Bonchev–Trinajstić information content (AvgIpc) is 2.26. The Labute approximate surface area is 101 Å². The molecule has 98 valence electrons. The minimum Gasteiger partial charge on any atom is -0.488 e. The maximum absolute atomic E-state index is 13.4. The maximum Gasteiger partial charge on any atom is 0.326 e. The Balaban J connectivity index is 2.81. The summed E-state index contributed by atoms with van der Waals surface area (Å²) in [7, 11) is 0. The molecule has 0 aliphatic rings. The van der Waals surface area contributed by atoms with Crippen molar-refractivity contribution >= 4 is 11.7 Å². The van der Waals surface area contributed by atoms with E-state index in [-0.39, 0.29) is 5.75 Å². The average molecular weight is 258 g/mol. The van der Waals surface area contributed by atoms with Crippen LogP contribution in [-0.4, -0.2) is 28.1 Å². The molecule has 0 fully saturated rings. The van der Waals surface area contributed by atoms with Crippen molar-refractivity contribution in [2.24, 2.45) is 5.73 Å².